The smallest absolute Gasteiger partial charge is 0.330 e. The average molecular weight is 699 g/mol. The summed E-state index contributed by atoms with van der Waals surface area (Å²) >= 11 is 0. The van der Waals surface area contributed by atoms with Gasteiger partial charge in [-0.2, -0.15) is 0 Å². The minimum Gasteiger partial charge on any atom is -0.490 e. The Hall–Kier alpha value is -5.31. The number of carbonyl (C=O) groups excluding carboxylic acids is 3. The summed E-state index contributed by atoms with van der Waals surface area (Å²) in [5, 5.41) is 0. The van der Waals surface area contributed by atoms with Crippen molar-refractivity contribution in [2.75, 3.05) is 39.6 Å². The lowest BCUT2D eigenvalue weighted by Gasteiger charge is -2.38. The van der Waals surface area contributed by atoms with Crippen molar-refractivity contribution in [2.45, 2.75) is 57.8 Å². The SMILES string of the molecule is C=CC(=O)OCCOc1ccccc1C(C)(CC)c1cccc(C(C)(CCC)c2ccccc2OCCOC(=O)C=C)c1OCCOC(=O)C=C. The standard InChI is InChI=1S/C42H50O9/c1-8-24-42(7,32-19-14-16-23-36(32)47-26-28-49-38(44)10-3)34-21-17-20-33(40(34)51-30-29-50-39(45)11-4)41(6,12-5)31-18-13-15-22-35(31)46-25-27-48-37(43)9-2/h9-11,13-23H,2-4,8,12,24-30H2,1,5-7H3. The zero-order chi connectivity index (χ0) is 37.3. The van der Waals surface area contributed by atoms with Gasteiger partial charge in [-0.25, -0.2) is 14.4 Å². The maximum absolute atomic E-state index is 11.9. The van der Waals surface area contributed by atoms with Gasteiger partial charge >= 0.3 is 17.9 Å². The minimum absolute atomic E-state index is 0.0260. The molecule has 2 atom stereocenters. The minimum atomic E-state index is -0.615. The third-order valence-electron chi connectivity index (χ3n) is 8.87. The Morgan fingerprint density at radius 3 is 1.37 bits per heavy atom. The van der Waals surface area contributed by atoms with Crippen LogP contribution in [0.2, 0.25) is 0 Å². The largest absolute Gasteiger partial charge is 0.490 e. The van der Waals surface area contributed by atoms with E-state index in [1.165, 1.54) is 0 Å². The van der Waals surface area contributed by atoms with E-state index in [4.69, 9.17) is 28.4 Å². The summed E-state index contributed by atoms with van der Waals surface area (Å²) < 4.78 is 34.7. The molecule has 3 aromatic carbocycles. The zero-order valence-electron chi connectivity index (χ0n) is 30.2. The molecule has 9 nitrogen and oxygen atoms in total. The lowest BCUT2D eigenvalue weighted by molar-refractivity contribution is -0.139. The van der Waals surface area contributed by atoms with Crippen molar-refractivity contribution >= 4 is 17.9 Å². The Morgan fingerprint density at radius 1 is 0.549 bits per heavy atom. The normalized spacial score (nSPS) is 13.0. The Kier molecular flexibility index (Phi) is 15.6. The van der Waals surface area contributed by atoms with Crippen molar-refractivity contribution in [2.24, 2.45) is 0 Å². The molecule has 0 heterocycles. The summed E-state index contributed by atoms with van der Waals surface area (Å²) in [6.07, 6.45) is 5.63. The fourth-order valence-electron chi connectivity index (χ4n) is 6.15. The molecule has 0 fully saturated rings. The van der Waals surface area contributed by atoms with Crippen LogP contribution in [0.1, 0.15) is 69.2 Å². The maximum atomic E-state index is 11.9. The van der Waals surface area contributed by atoms with E-state index in [-0.39, 0.29) is 39.6 Å². The number of hydrogen-bond donors (Lipinski definition) is 0. The topological polar surface area (TPSA) is 107 Å². The van der Waals surface area contributed by atoms with Crippen molar-refractivity contribution < 1.29 is 42.8 Å². The summed E-state index contributed by atoms with van der Waals surface area (Å²) in [5.41, 5.74) is 2.50. The van der Waals surface area contributed by atoms with Gasteiger partial charge in [-0.15, -0.1) is 0 Å². The van der Waals surface area contributed by atoms with E-state index in [2.05, 4.69) is 59.6 Å². The third kappa shape index (κ3) is 10.4. The molecule has 51 heavy (non-hydrogen) atoms. The molecule has 0 aromatic heterocycles. The highest BCUT2D eigenvalue weighted by Gasteiger charge is 2.39. The first-order valence-corrected chi connectivity index (χ1v) is 17.2. The summed E-state index contributed by atoms with van der Waals surface area (Å²) in [5.74, 6) is 0.421. The third-order valence-corrected chi connectivity index (χ3v) is 8.87. The number of carbonyl (C=O) groups is 3. The molecular formula is C42H50O9. The van der Waals surface area contributed by atoms with E-state index in [0.717, 1.165) is 53.3 Å². The summed E-state index contributed by atoms with van der Waals surface area (Å²) in [7, 11) is 0. The van der Waals surface area contributed by atoms with Gasteiger partial charge in [0.2, 0.25) is 0 Å². The number of benzene rings is 3. The molecule has 0 saturated heterocycles. The number of para-hydroxylation sites is 3. The molecule has 0 aliphatic heterocycles. The van der Waals surface area contributed by atoms with Gasteiger partial charge in [-0.05, 0) is 25.0 Å². The summed E-state index contributed by atoms with van der Waals surface area (Å²) in [6.45, 7) is 19.5. The number of esters is 3. The Labute approximate surface area is 301 Å². The van der Waals surface area contributed by atoms with Crippen LogP contribution >= 0.6 is 0 Å². The van der Waals surface area contributed by atoms with Gasteiger partial charge in [0.1, 0.15) is 56.9 Å². The molecule has 0 radical (unpaired) electrons. The van der Waals surface area contributed by atoms with E-state index >= 15 is 0 Å². The van der Waals surface area contributed by atoms with Crippen LogP contribution in [-0.4, -0.2) is 57.5 Å². The monoisotopic (exact) mass is 698 g/mol. The van der Waals surface area contributed by atoms with Gasteiger partial charge < -0.3 is 28.4 Å². The van der Waals surface area contributed by atoms with Crippen molar-refractivity contribution in [3.8, 4) is 17.2 Å². The predicted molar refractivity (Wildman–Crippen MR) is 197 cm³/mol. The predicted octanol–water partition coefficient (Wildman–Crippen LogP) is 7.83. The highest BCUT2D eigenvalue weighted by molar-refractivity contribution is 5.81. The van der Waals surface area contributed by atoms with Crippen LogP contribution in [0.3, 0.4) is 0 Å². The van der Waals surface area contributed by atoms with E-state index in [9.17, 15) is 14.4 Å². The first kappa shape index (κ1) is 40.1. The lowest BCUT2D eigenvalue weighted by Crippen LogP contribution is -2.30. The Bertz CT molecular complexity index is 1660. The van der Waals surface area contributed by atoms with E-state index < -0.39 is 28.7 Å². The Morgan fingerprint density at radius 2 is 0.941 bits per heavy atom. The molecule has 3 rings (SSSR count). The van der Waals surface area contributed by atoms with Gasteiger partial charge in [0.05, 0.1) is 0 Å². The first-order valence-electron chi connectivity index (χ1n) is 17.2. The molecule has 0 amide bonds. The van der Waals surface area contributed by atoms with Crippen LogP contribution in [0.4, 0.5) is 0 Å². The first-order chi connectivity index (χ1) is 24.6. The maximum Gasteiger partial charge on any atom is 0.330 e. The number of rotatable bonds is 22. The van der Waals surface area contributed by atoms with E-state index in [1.54, 1.807) is 0 Å². The number of hydrogen-bond acceptors (Lipinski definition) is 9. The molecule has 0 saturated carbocycles. The van der Waals surface area contributed by atoms with Crippen molar-refractivity contribution in [1.82, 2.24) is 0 Å². The summed E-state index contributed by atoms with van der Waals surface area (Å²) in [4.78, 5) is 35.1. The van der Waals surface area contributed by atoms with Gasteiger partial charge in [0, 0.05) is 51.3 Å². The molecule has 0 aliphatic carbocycles. The second kappa shape index (κ2) is 19.8. The zero-order valence-corrected chi connectivity index (χ0v) is 30.2. The molecule has 0 spiro atoms. The average Bonchev–Trinajstić information content (AvgIpc) is 3.16. The highest BCUT2D eigenvalue weighted by atomic mass is 16.6. The van der Waals surface area contributed by atoms with Crippen molar-refractivity contribution in [3.63, 3.8) is 0 Å². The second-order valence-corrected chi connectivity index (χ2v) is 12.1. The van der Waals surface area contributed by atoms with Crippen molar-refractivity contribution in [1.29, 1.82) is 0 Å². The van der Waals surface area contributed by atoms with Crippen LogP contribution in [0.5, 0.6) is 17.2 Å². The molecule has 0 N–H and O–H groups in total. The quantitative estimate of drug-likeness (QED) is 0.0449. The molecule has 9 heteroatoms. The molecule has 3 aromatic rings. The van der Waals surface area contributed by atoms with Crippen LogP contribution in [0.15, 0.2) is 105 Å². The molecular weight excluding hydrogens is 648 g/mol. The molecule has 2 unspecified atom stereocenters. The van der Waals surface area contributed by atoms with Crippen LogP contribution in [0.25, 0.3) is 0 Å². The molecule has 272 valence electrons. The lowest BCUT2D eigenvalue weighted by atomic mass is 9.68. The second-order valence-electron chi connectivity index (χ2n) is 12.1. The van der Waals surface area contributed by atoms with Crippen LogP contribution in [0, 0.1) is 0 Å². The van der Waals surface area contributed by atoms with Gasteiger partial charge in [-0.3, -0.25) is 0 Å². The fourth-order valence-corrected chi connectivity index (χ4v) is 6.15. The van der Waals surface area contributed by atoms with Gasteiger partial charge in [-0.1, -0.05) is 108 Å². The molecule has 0 bridgehead atoms. The Balaban J connectivity index is 2.17. The van der Waals surface area contributed by atoms with Gasteiger partial charge in [0.15, 0.2) is 0 Å². The van der Waals surface area contributed by atoms with Crippen LogP contribution < -0.4 is 14.2 Å². The van der Waals surface area contributed by atoms with Crippen molar-refractivity contribution in [3.05, 3.63) is 127 Å². The fraction of sp³-hybridized carbons (Fsp3) is 0.357. The van der Waals surface area contributed by atoms with Gasteiger partial charge in [0.25, 0.3) is 0 Å². The molecule has 0 aliphatic rings. The van der Waals surface area contributed by atoms with E-state index in [1.807, 2.05) is 54.6 Å². The van der Waals surface area contributed by atoms with E-state index in [0.29, 0.717) is 23.7 Å². The van der Waals surface area contributed by atoms with Crippen LogP contribution in [-0.2, 0) is 39.4 Å². The number of ether oxygens (including phenoxy) is 6. The summed E-state index contributed by atoms with van der Waals surface area (Å²) in [6, 6.07) is 21.8. The highest BCUT2D eigenvalue weighted by Crippen LogP contribution is 2.50.